The number of halogens is 1. The first kappa shape index (κ1) is 18.0. The van der Waals surface area contributed by atoms with Gasteiger partial charge in [-0.3, -0.25) is 14.5 Å². The van der Waals surface area contributed by atoms with Gasteiger partial charge >= 0.3 is 0 Å². The number of hydrogen-bond acceptors (Lipinski definition) is 5. The number of para-hydroxylation sites is 1. The predicted octanol–water partition coefficient (Wildman–Crippen LogP) is 3.04. The molecule has 0 bridgehead atoms. The summed E-state index contributed by atoms with van der Waals surface area (Å²) in [6.45, 7) is 3.05. The molecular formula is C18H20ClN5O2. The second-order valence-corrected chi connectivity index (χ2v) is 6.40. The molecule has 26 heavy (non-hydrogen) atoms. The Morgan fingerprint density at radius 3 is 2.92 bits per heavy atom. The lowest BCUT2D eigenvalue weighted by Gasteiger charge is -2.13. The number of ether oxygens (including phenoxy) is 1. The summed E-state index contributed by atoms with van der Waals surface area (Å²) in [4.78, 5) is 19.2. The Hall–Kier alpha value is -2.80. The predicted molar refractivity (Wildman–Crippen MR) is 101 cm³/mol. The van der Waals surface area contributed by atoms with E-state index in [2.05, 4.69) is 20.4 Å². The Kier molecular flexibility index (Phi) is 5.58. The van der Waals surface area contributed by atoms with E-state index < -0.39 is 0 Å². The number of anilines is 1. The number of H-pyrrole nitrogens is 1. The average Bonchev–Trinajstić information content (AvgIpc) is 3.04. The van der Waals surface area contributed by atoms with Crippen molar-refractivity contribution in [2.24, 2.45) is 0 Å². The van der Waals surface area contributed by atoms with E-state index in [0.717, 1.165) is 11.3 Å². The van der Waals surface area contributed by atoms with Crippen LogP contribution in [0, 0.1) is 0 Å². The molecule has 0 aliphatic heterocycles. The lowest BCUT2D eigenvalue weighted by Crippen LogP contribution is -2.17. The minimum atomic E-state index is -0.206. The molecule has 3 rings (SSSR count). The normalized spacial score (nSPS) is 12.0. The largest absolute Gasteiger partial charge is 0.496 e. The van der Waals surface area contributed by atoms with Crippen LogP contribution in [0.4, 0.5) is 5.95 Å². The third-order valence-corrected chi connectivity index (χ3v) is 4.16. The van der Waals surface area contributed by atoms with Gasteiger partial charge in [-0.1, -0.05) is 36.7 Å². The highest BCUT2D eigenvalue weighted by atomic mass is 35.5. The van der Waals surface area contributed by atoms with Gasteiger partial charge in [-0.25, -0.2) is 4.98 Å². The van der Waals surface area contributed by atoms with Crippen LogP contribution in [0.1, 0.15) is 24.1 Å². The number of methoxy groups -OCH3 is 1. The molecule has 0 radical (unpaired) electrons. The first-order chi connectivity index (χ1) is 12.5. The quantitative estimate of drug-likeness (QED) is 0.665. The highest BCUT2D eigenvalue weighted by Gasteiger charge is 2.12. The van der Waals surface area contributed by atoms with Gasteiger partial charge in [-0.15, -0.1) is 0 Å². The van der Waals surface area contributed by atoms with E-state index in [4.69, 9.17) is 16.3 Å². The number of aromatic amines is 1. The number of nitrogens with one attached hydrogen (secondary N) is 2. The molecule has 1 aromatic carbocycles. The molecule has 0 spiro atoms. The topological polar surface area (TPSA) is 84.8 Å². The van der Waals surface area contributed by atoms with Gasteiger partial charge in [0.2, 0.25) is 5.95 Å². The van der Waals surface area contributed by atoms with Crippen molar-refractivity contribution in [1.29, 1.82) is 0 Å². The van der Waals surface area contributed by atoms with E-state index >= 15 is 0 Å². The van der Waals surface area contributed by atoms with Crippen molar-refractivity contribution in [3.05, 3.63) is 69.4 Å². The smallest absolute Gasteiger partial charge is 0.252 e. The molecule has 136 valence electrons. The molecule has 0 aliphatic rings. The Morgan fingerprint density at radius 2 is 2.19 bits per heavy atom. The zero-order valence-corrected chi connectivity index (χ0v) is 15.3. The zero-order chi connectivity index (χ0) is 18.5. The highest BCUT2D eigenvalue weighted by molar-refractivity contribution is 6.30. The monoisotopic (exact) mass is 373 g/mol. The van der Waals surface area contributed by atoms with Crippen molar-refractivity contribution in [2.75, 3.05) is 12.4 Å². The van der Waals surface area contributed by atoms with Crippen molar-refractivity contribution in [3.8, 4) is 5.75 Å². The first-order valence-electron chi connectivity index (χ1n) is 8.20. The molecule has 0 amide bonds. The number of rotatable bonds is 7. The van der Waals surface area contributed by atoms with Crippen LogP contribution in [0.5, 0.6) is 5.75 Å². The Balaban J connectivity index is 1.73. The summed E-state index contributed by atoms with van der Waals surface area (Å²) in [5.41, 5.74) is 1.45. The number of aromatic nitrogens is 4. The summed E-state index contributed by atoms with van der Waals surface area (Å²) in [6.07, 6.45) is 3.33. The molecule has 0 saturated heterocycles. The van der Waals surface area contributed by atoms with E-state index in [1.807, 2.05) is 31.2 Å². The maximum absolute atomic E-state index is 12.0. The molecule has 3 aromatic rings. The minimum absolute atomic E-state index is 0.0000723. The number of hydrogen-bond donors (Lipinski definition) is 2. The van der Waals surface area contributed by atoms with Crippen LogP contribution in [0.2, 0.25) is 5.02 Å². The van der Waals surface area contributed by atoms with Gasteiger partial charge in [-0.2, -0.15) is 5.10 Å². The van der Waals surface area contributed by atoms with Crippen molar-refractivity contribution < 1.29 is 4.74 Å². The van der Waals surface area contributed by atoms with Gasteiger partial charge in [0, 0.05) is 36.8 Å². The average molecular weight is 374 g/mol. The third-order valence-electron chi connectivity index (χ3n) is 3.97. The van der Waals surface area contributed by atoms with Crippen molar-refractivity contribution in [2.45, 2.75) is 25.9 Å². The molecular weight excluding hydrogens is 354 g/mol. The van der Waals surface area contributed by atoms with Gasteiger partial charge < -0.3 is 10.1 Å². The lowest BCUT2D eigenvalue weighted by atomic mass is 10.1. The maximum Gasteiger partial charge on any atom is 0.252 e. The van der Waals surface area contributed by atoms with Gasteiger partial charge in [0.1, 0.15) is 5.75 Å². The van der Waals surface area contributed by atoms with Gasteiger partial charge in [0.05, 0.1) is 24.0 Å². The SMILES string of the molecule is COc1ccccc1CNc1nc([C@H](C)Cn2cc(Cl)cn2)cc(=O)[nH]1. The summed E-state index contributed by atoms with van der Waals surface area (Å²) in [5.74, 6) is 1.20. The lowest BCUT2D eigenvalue weighted by molar-refractivity contribution is 0.410. The van der Waals surface area contributed by atoms with E-state index in [0.29, 0.717) is 29.8 Å². The van der Waals surface area contributed by atoms with Crippen molar-refractivity contribution in [1.82, 2.24) is 19.7 Å². The molecule has 0 saturated carbocycles. The molecule has 2 N–H and O–H groups in total. The summed E-state index contributed by atoms with van der Waals surface area (Å²) < 4.78 is 7.07. The molecule has 1 atom stereocenters. The Labute approximate surface area is 156 Å². The molecule has 8 heteroatoms. The van der Waals surface area contributed by atoms with Crippen molar-refractivity contribution >= 4 is 17.5 Å². The second-order valence-electron chi connectivity index (χ2n) is 5.97. The zero-order valence-electron chi connectivity index (χ0n) is 14.6. The van der Waals surface area contributed by atoms with Crippen LogP contribution in [0.15, 0.2) is 47.5 Å². The Morgan fingerprint density at radius 1 is 1.38 bits per heavy atom. The fraction of sp³-hybridized carbons (Fsp3) is 0.278. The molecule has 0 unspecified atom stereocenters. The molecule has 2 aromatic heterocycles. The number of benzene rings is 1. The second kappa shape index (κ2) is 8.05. The van der Waals surface area contributed by atoms with E-state index in [1.165, 1.54) is 6.07 Å². The molecule has 7 nitrogen and oxygen atoms in total. The summed E-state index contributed by atoms with van der Waals surface area (Å²) in [7, 11) is 1.63. The Bertz CT molecular complexity index is 937. The van der Waals surface area contributed by atoms with E-state index in [9.17, 15) is 4.79 Å². The van der Waals surface area contributed by atoms with Crippen LogP contribution in [0.3, 0.4) is 0 Å². The fourth-order valence-electron chi connectivity index (χ4n) is 2.65. The van der Waals surface area contributed by atoms with Crippen LogP contribution >= 0.6 is 11.6 Å². The third kappa shape index (κ3) is 4.43. The molecule has 0 fully saturated rings. The van der Waals surface area contributed by atoms with Gasteiger partial charge in [0.15, 0.2) is 0 Å². The van der Waals surface area contributed by atoms with Crippen LogP contribution in [0.25, 0.3) is 0 Å². The highest BCUT2D eigenvalue weighted by Crippen LogP contribution is 2.19. The van der Waals surface area contributed by atoms with Crippen LogP contribution in [-0.4, -0.2) is 26.9 Å². The van der Waals surface area contributed by atoms with Gasteiger partial charge in [0.25, 0.3) is 5.56 Å². The van der Waals surface area contributed by atoms with E-state index in [1.54, 1.807) is 24.2 Å². The fourth-order valence-corrected chi connectivity index (χ4v) is 2.81. The van der Waals surface area contributed by atoms with Crippen molar-refractivity contribution in [3.63, 3.8) is 0 Å². The molecule has 0 aliphatic carbocycles. The minimum Gasteiger partial charge on any atom is -0.496 e. The van der Waals surface area contributed by atoms with Crippen LogP contribution in [-0.2, 0) is 13.1 Å². The van der Waals surface area contributed by atoms with E-state index in [-0.39, 0.29) is 11.5 Å². The van der Waals surface area contributed by atoms with Crippen LogP contribution < -0.4 is 15.6 Å². The molecule has 2 heterocycles. The summed E-state index contributed by atoms with van der Waals surface area (Å²) in [5, 5.41) is 7.89. The number of nitrogens with zero attached hydrogens (tertiary/aromatic N) is 3. The first-order valence-corrected chi connectivity index (χ1v) is 8.58. The summed E-state index contributed by atoms with van der Waals surface area (Å²) >= 11 is 5.89. The van der Waals surface area contributed by atoms with Gasteiger partial charge in [-0.05, 0) is 6.07 Å². The maximum atomic E-state index is 12.0. The standard InChI is InChI=1S/C18H20ClN5O2/c1-12(10-24-11-14(19)9-21-24)15-7-17(25)23-18(22-15)20-8-13-5-3-4-6-16(13)26-2/h3-7,9,11-12H,8,10H2,1-2H3,(H2,20,22,23,25)/t12-/m1/s1. The summed E-state index contributed by atoms with van der Waals surface area (Å²) in [6, 6.07) is 9.19.